The van der Waals surface area contributed by atoms with E-state index in [2.05, 4.69) is 0 Å². The van der Waals surface area contributed by atoms with Gasteiger partial charge in [0.25, 0.3) is 10.1 Å². The Bertz CT molecular complexity index is 617. The van der Waals surface area contributed by atoms with Crippen LogP contribution in [0.3, 0.4) is 0 Å². The molecule has 0 aliphatic heterocycles. The molecule has 0 saturated heterocycles. The van der Waals surface area contributed by atoms with Crippen LogP contribution >= 0.6 is 0 Å². The van der Waals surface area contributed by atoms with Gasteiger partial charge in [-0.2, -0.15) is 8.42 Å². The van der Waals surface area contributed by atoms with Gasteiger partial charge in [-0.05, 0) is 31.0 Å². The second-order valence-electron chi connectivity index (χ2n) is 4.49. The molecule has 0 fully saturated rings. The van der Waals surface area contributed by atoms with E-state index in [0.29, 0.717) is 12.8 Å². The normalized spacial score (nSPS) is 10.6. The fraction of sp³-hybridized carbons (Fsp3) is 0.429. The van der Waals surface area contributed by atoms with E-state index in [1.165, 1.54) is 6.07 Å². The number of benzene rings is 1. The molecule has 0 bridgehead atoms. The van der Waals surface area contributed by atoms with Crippen molar-refractivity contribution >= 4 is 73.4 Å². The molecule has 0 spiro atoms. The summed E-state index contributed by atoms with van der Waals surface area (Å²) in [6.45, 7) is 3.92. The van der Waals surface area contributed by atoms with Crippen LogP contribution in [0, 0.1) is 0 Å². The van der Waals surface area contributed by atoms with Gasteiger partial charge in [0.15, 0.2) is 0 Å². The molecule has 0 aliphatic carbocycles. The molecule has 1 rings (SSSR count). The van der Waals surface area contributed by atoms with Crippen molar-refractivity contribution in [2.45, 2.75) is 31.6 Å². The number of hydrogen-bond acceptors (Lipinski definition) is 6. The molecule has 1 N–H and O–H groups in total. The number of hydrogen-bond donors (Lipinski definition) is 1. The van der Waals surface area contributed by atoms with Gasteiger partial charge in [-0.25, -0.2) is 9.59 Å². The van der Waals surface area contributed by atoms with Crippen molar-refractivity contribution in [3.05, 3.63) is 29.3 Å². The fourth-order valence-electron chi connectivity index (χ4n) is 1.54. The van der Waals surface area contributed by atoms with Crippen molar-refractivity contribution in [1.82, 2.24) is 0 Å². The first-order valence-corrected chi connectivity index (χ1v) is 8.20. The third-order valence-corrected chi connectivity index (χ3v) is 3.38. The molecular weight excluding hydrogens is 351 g/mol. The zero-order valence-electron chi connectivity index (χ0n) is 12.4. The van der Waals surface area contributed by atoms with Crippen LogP contribution in [0.15, 0.2) is 23.1 Å². The van der Waals surface area contributed by atoms with Gasteiger partial charge in [-0.15, -0.1) is 0 Å². The Morgan fingerprint density at radius 3 is 1.65 bits per heavy atom. The summed E-state index contributed by atoms with van der Waals surface area (Å²) in [5, 5.41) is 0. The summed E-state index contributed by atoms with van der Waals surface area (Å²) in [4.78, 5) is 23.1. The minimum absolute atomic E-state index is 0. The first-order valence-electron chi connectivity index (χ1n) is 6.76. The van der Waals surface area contributed by atoms with Crippen molar-refractivity contribution in [3.63, 3.8) is 0 Å². The average Bonchev–Trinajstić information content (AvgIpc) is 2.48. The quantitative estimate of drug-likeness (QED) is 0.439. The second kappa shape index (κ2) is 10.5. The van der Waals surface area contributed by atoms with E-state index in [1.54, 1.807) is 13.8 Å². The van der Waals surface area contributed by atoms with Gasteiger partial charge in [0, 0.05) is 0 Å². The molecule has 0 radical (unpaired) electrons. The van der Waals surface area contributed by atoms with Crippen molar-refractivity contribution < 1.29 is 32.0 Å². The topological polar surface area (TPSA) is 107 Å². The molecule has 9 heteroatoms. The summed E-state index contributed by atoms with van der Waals surface area (Å²) in [6, 6.07) is 3.07. The maximum absolute atomic E-state index is 11.8. The van der Waals surface area contributed by atoms with E-state index in [9.17, 15) is 18.0 Å². The minimum atomic E-state index is -4.57. The van der Waals surface area contributed by atoms with Crippen molar-refractivity contribution in [2.75, 3.05) is 13.2 Å². The molecule has 0 aromatic heterocycles. The van der Waals surface area contributed by atoms with E-state index in [-0.39, 0.29) is 75.7 Å². The van der Waals surface area contributed by atoms with Crippen LogP contribution in [0.5, 0.6) is 0 Å². The Morgan fingerprint density at radius 1 is 0.957 bits per heavy atom. The number of carbonyl (C=O) groups excluding carboxylic acids is 2. The standard InChI is InChI=1S/C14H18O7S.K.H/c1-3-5-20-13(15)10-7-11(14(16)21-6-4-2)9-12(8-10)22(17,18)19;;/h7-9H,3-6H2,1-2H3,(H,17,18,19);;. The molecular formula is C14H19KO7S. The van der Waals surface area contributed by atoms with Crippen LogP contribution < -0.4 is 0 Å². The SMILES string of the molecule is CCCOC(=O)c1cc(C(=O)OCCC)cc(S(=O)(=O)O)c1.[KH]. The predicted molar refractivity (Wildman–Crippen MR) is 84.6 cm³/mol. The monoisotopic (exact) mass is 370 g/mol. The molecule has 0 saturated carbocycles. The second-order valence-corrected chi connectivity index (χ2v) is 5.91. The van der Waals surface area contributed by atoms with E-state index in [4.69, 9.17) is 14.0 Å². The predicted octanol–water partition coefficient (Wildman–Crippen LogP) is 1.42. The van der Waals surface area contributed by atoms with Crippen LogP contribution in [0.4, 0.5) is 0 Å². The van der Waals surface area contributed by atoms with Crippen LogP contribution in [0.2, 0.25) is 0 Å². The summed E-state index contributed by atoms with van der Waals surface area (Å²) >= 11 is 0. The van der Waals surface area contributed by atoms with Gasteiger partial charge < -0.3 is 9.47 Å². The van der Waals surface area contributed by atoms with Crippen molar-refractivity contribution in [3.8, 4) is 0 Å². The van der Waals surface area contributed by atoms with Gasteiger partial charge in [0.2, 0.25) is 0 Å². The molecule has 0 unspecified atom stereocenters. The molecule has 124 valence electrons. The third kappa shape index (κ3) is 7.42. The van der Waals surface area contributed by atoms with E-state index in [0.717, 1.165) is 12.1 Å². The Labute approximate surface area is 177 Å². The van der Waals surface area contributed by atoms with E-state index in [1.807, 2.05) is 0 Å². The Kier molecular flexibility index (Phi) is 10.4. The summed E-state index contributed by atoms with van der Waals surface area (Å²) in [7, 11) is -4.57. The molecule has 7 nitrogen and oxygen atoms in total. The number of rotatable bonds is 7. The molecule has 23 heavy (non-hydrogen) atoms. The van der Waals surface area contributed by atoms with E-state index < -0.39 is 27.0 Å². The molecule has 1 aromatic carbocycles. The van der Waals surface area contributed by atoms with Crippen LogP contribution in [0.1, 0.15) is 47.4 Å². The van der Waals surface area contributed by atoms with Gasteiger partial charge in [-0.3, -0.25) is 4.55 Å². The molecule has 0 atom stereocenters. The zero-order chi connectivity index (χ0) is 16.8. The van der Waals surface area contributed by atoms with Crippen molar-refractivity contribution in [1.29, 1.82) is 0 Å². The number of carbonyl (C=O) groups is 2. The van der Waals surface area contributed by atoms with Crippen LogP contribution in [-0.2, 0) is 19.6 Å². The first-order chi connectivity index (χ1) is 10.3. The van der Waals surface area contributed by atoms with E-state index >= 15 is 0 Å². The van der Waals surface area contributed by atoms with Gasteiger partial charge in [0.1, 0.15) is 0 Å². The average molecular weight is 370 g/mol. The number of esters is 2. The van der Waals surface area contributed by atoms with Gasteiger partial charge >= 0.3 is 63.3 Å². The third-order valence-electron chi connectivity index (χ3n) is 2.55. The van der Waals surface area contributed by atoms with Gasteiger partial charge in [-0.1, -0.05) is 13.8 Å². The number of ether oxygens (including phenoxy) is 2. The molecule has 1 aromatic rings. The Morgan fingerprint density at radius 2 is 1.35 bits per heavy atom. The van der Waals surface area contributed by atoms with Crippen LogP contribution in [-0.4, -0.2) is 89.5 Å². The first kappa shape index (κ1) is 22.7. The van der Waals surface area contributed by atoms with Crippen LogP contribution in [0.25, 0.3) is 0 Å². The van der Waals surface area contributed by atoms with Crippen molar-refractivity contribution in [2.24, 2.45) is 0 Å². The zero-order valence-corrected chi connectivity index (χ0v) is 13.2. The Balaban J connectivity index is 0.00000484. The maximum atomic E-state index is 11.8. The molecule has 0 heterocycles. The summed E-state index contributed by atoms with van der Waals surface area (Å²) in [5.41, 5.74) is -0.293. The molecule has 0 amide bonds. The summed E-state index contributed by atoms with van der Waals surface area (Å²) < 4.78 is 41.4. The summed E-state index contributed by atoms with van der Waals surface area (Å²) in [6.07, 6.45) is 1.18. The fourth-order valence-corrected chi connectivity index (χ4v) is 2.09. The Hall–Kier alpha value is -0.294. The van der Waals surface area contributed by atoms with Gasteiger partial charge in [0.05, 0.1) is 29.2 Å². The molecule has 0 aliphatic rings. The summed E-state index contributed by atoms with van der Waals surface area (Å²) in [5.74, 6) is -1.56.